The molecule has 1 aliphatic rings. The van der Waals surface area contributed by atoms with Crippen LogP contribution in [-0.4, -0.2) is 22.0 Å². The number of hydrogen-bond acceptors (Lipinski definition) is 2. The quantitative estimate of drug-likeness (QED) is 0.901. The number of nitrogens with one attached hydrogen (secondary N) is 1. The Morgan fingerprint density at radius 3 is 2.90 bits per heavy atom. The monoisotopic (exact) mass is 297 g/mol. The summed E-state index contributed by atoms with van der Waals surface area (Å²) in [4.78, 5) is 0.618. The van der Waals surface area contributed by atoms with Crippen molar-refractivity contribution < 1.29 is 8.60 Å². The molecule has 2 nitrogen and oxygen atoms in total. The second kappa shape index (κ2) is 7.32. The summed E-state index contributed by atoms with van der Waals surface area (Å²) in [5, 5.41) is 3.61. The van der Waals surface area contributed by atoms with Crippen molar-refractivity contribution in [2.45, 2.75) is 55.7 Å². The van der Waals surface area contributed by atoms with Gasteiger partial charge in [0.05, 0.1) is 16.0 Å². The van der Waals surface area contributed by atoms with E-state index in [1.54, 1.807) is 12.1 Å². The molecule has 0 aliphatic heterocycles. The lowest BCUT2D eigenvalue weighted by atomic mass is 9.87. The molecule has 0 radical (unpaired) electrons. The van der Waals surface area contributed by atoms with Gasteiger partial charge in [0, 0.05) is 10.9 Å². The Hall–Kier alpha value is -0.740. The number of rotatable bonds is 5. The molecular weight excluding hydrogens is 273 g/mol. The molecule has 1 aromatic rings. The summed E-state index contributed by atoms with van der Waals surface area (Å²) in [6.07, 6.45) is 4.26. The number of benzene rings is 1. The van der Waals surface area contributed by atoms with Gasteiger partial charge in [-0.25, -0.2) is 4.39 Å². The summed E-state index contributed by atoms with van der Waals surface area (Å²) in [5.74, 6) is 0.287. The topological polar surface area (TPSA) is 29.1 Å². The van der Waals surface area contributed by atoms with Gasteiger partial charge in [-0.2, -0.15) is 0 Å². The van der Waals surface area contributed by atoms with E-state index in [1.165, 1.54) is 18.6 Å². The third-order valence-electron chi connectivity index (χ3n) is 4.01. The van der Waals surface area contributed by atoms with E-state index in [2.05, 4.69) is 19.2 Å². The lowest BCUT2D eigenvalue weighted by Crippen LogP contribution is -2.46. The molecule has 1 fully saturated rings. The molecule has 0 aromatic heterocycles. The smallest absolute Gasteiger partial charge is 0.124 e. The highest BCUT2D eigenvalue weighted by Gasteiger charge is 2.33. The van der Waals surface area contributed by atoms with Crippen molar-refractivity contribution in [1.82, 2.24) is 5.32 Å². The zero-order chi connectivity index (χ0) is 14.5. The van der Waals surface area contributed by atoms with Gasteiger partial charge in [-0.05, 0) is 56.3 Å². The van der Waals surface area contributed by atoms with E-state index in [9.17, 15) is 8.60 Å². The van der Waals surface area contributed by atoms with E-state index >= 15 is 0 Å². The molecule has 4 unspecified atom stereocenters. The number of hydrogen-bond donors (Lipinski definition) is 1. The van der Waals surface area contributed by atoms with Gasteiger partial charge >= 0.3 is 0 Å². The maximum absolute atomic E-state index is 13.3. The van der Waals surface area contributed by atoms with E-state index < -0.39 is 10.8 Å². The summed E-state index contributed by atoms with van der Waals surface area (Å²) >= 11 is 0. The minimum absolute atomic E-state index is 0.0899. The van der Waals surface area contributed by atoms with Crippen LogP contribution in [-0.2, 0) is 10.8 Å². The largest absolute Gasteiger partial charge is 0.313 e. The minimum Gasteiger partial charge on any atom is -0.313 e. The fourth-order valence-corrected chi connectivity index (χ4v) is 4.72. The second-order valence-corrected chi connectivity index (χ2v) is 7.44. The lowest BCUT2D eigenvalue weighted by molar-refractivity contribution is 0.313. The third-order valence-corrected chi connectivity index (χ3v) is 5.80. The Morgan fingerprint density at radius 1 is 1.40 bits per heavy atom. The predicted molar refractivity (Wildman–Crippen MR) is 81.7 cm³/mol. The van der Waals surface area contributed by atoms with Gasteiger partial charge in [0.2, 0.25) is 0 Å². The zero-order valence-electron chi connectivity index (χ0n) is 12.3. The molecule has 1 aromatic carbocycles. The van der Waals surface area contributed by atoms with E-state index in [1.807, 2.05) is 0 Å². The fourth-order valence-electron chi connectivity index (χ4n) is 2.90. The lowest BCUT2D eigenvalue weighted by Gasteiger charge is -2.35. The maximum Gasteiger partial charge on any atom is 0.124 e. The molecule has 4 atom stereocenters. The van der Waals surface area contributed by atoms with Crippen LogP contribution in [0, 0.1) is 11.7 Å². The van der Waals surface area contributed by atoms with Crippen molar-refractivity contribution in [3.63, 3.8) is 0 Å². The Bertz CT molecular complexity index is 464. The van der Waals surface area contributed by atoms with E-state index in [0.29, 0.717) is 10.8 Å². The second-order valence-electron chi connectivity index (χ2n) is 5.77. The average Bonchev–Trinajstić information content (AvgIpc) is 2.45. The van der Waals surface area contributed by atoms with Gasteiger partial charge in [-0.1, -0.05) is 19.9 Å². The van der Waals surface area contributed by atoms with Crippen LogP contribution >= 0.6 is 0 Å². The molecule has 1 aliphatic carbocycles. The summed E-state index contributed by atoms with van der Waals surface area (Å²) in [5.41, 5.74) is 0. The van der Waals surface area contributed by atoms with Gasteiger partial charge in [0.25, 0.3) is 0 Å². The first-order valence-electron chi connectivity index (χ1n) is 7.51. The van der Waals surface area contributed by atoms with Crippen LogP contribution in [0.15, 0.2) is 29.2 Å². The molecule has 0 bridgehead atoms. The van der Waals surface area contributed by atoms with Crippen molar-refractivity contribution in [3.05, 3.63) is 30.1 Å². The highest BCUT2D eigenvalue weighted by molar-refractivity contribution is 7.85. The van der Waals surface area contributed by atoms with E-state index in [0.717, 1.165) is 25.8 Å². The SMILES string of the molecule is CCCNC1CCC(C)CC1S(=O)c1cccc(F)c1. The van der Waals surface area contributed by atoms with Crippen LogP contribution in [0.5, 0.6) is 0 Å². The molecule has 112 valence electrons. The molecule has 0 saturated heterocycles. The first-order chi connectivity index (χ1) is 9.61. The summed E-state index contributed by atoms with van der Waals surface area (Å²) in [7, 11) is -1.14. The number of halogens is 1. The van der Waals surface area contributed by atoms with Crippen molar-refractivity contribution in [3.8, 4) is 0 Å². The normalized spacial score (nSPS) is 28.2. The van der Waals surface area contributed by atoms with Crippen LogP contribution in [0.25, 0.3) is 0 Å². The van der Waals surface area contributed by atoms with Crippen LogP contribution in [0.3, 0.4) is 0 Å². The molecule has 1 saturated carbocycles. The summed E-state index contributed by atoms with van der Waals surface area (Å²) in [6, 6.07) is 6.51. The molecular formula is C16H24FNOS. The van der Waals surface area contributed by atoms with E-state index in [4.69, 9.17) is 0 Å². The van der Waals surface area contributed by atoms with Gasteiger partial charge in [0.1, 0.15) is 5.82 Å². The van der Waals surface area contributed by atoms with Crippen molar-refractivity contribution >= 4 is 10.8 Å². The van der Waals surface area contributed by atoms with Crippen molar-refractivity contribution in [2.75, 3.05) is 6.54 Å². The zero-order valence-corrected chi connectivity index (χ0v) is 13.1. The summed E-state index contributed by atoms with van der Waals surface area (Å²) < 4.78 is 26.1. The Kier molecular flexibility index (Phi) is 5.73. The van der Waals surface area contributed by atoms with Gasteiger partial charge in [-0.15, -0.1) is 0 Å². The molecule has 0 amide bonds. The van der Waals surface area contributed by atoms with Gasteiger partial charge in [-0.3, -0.25) is 4.21 Å². The van der Waals surface area contributed by atoms with E-state index in [-0.39, 0.29) is 17.1 Å². The minimum atomic E-state index is -1.14. The van der Waals surface area contributed by atoms with Crippen LogP contribution < -0.4 is 5.32 Å². The van der Waals surface area contributed by atoms with Crippen LogP contribution in [0.4, 0.5) is 4.39 Å². The first kappa shape index (κ1) is 15.6. The molecule has 20 heavy (non-hydrogen) atoms. The Morgan fingerprint density at radius 2 is 2.20 bits per heavy atom. The third kappa shape index (κ3) is 3.89. The van der Waals surface area contributed by atoms with Crippen LogP contribution in [0.1, 0.15) is 39.5 Å². The molecule has 1 N–H and O–H groups in total. The molecule has 0 heterocycles. The summed E-state index contributed by atoms with van der Waals surface area (Å²) in [6.45, 7) is 5.30. The maximum atomic E-state index is 13.3. The van der Waals surface area contributed by atoms with Crippen molar-refractivity contribution in [1.29, 1.82) is 0 Å². The fraction of sp³-hybridized carbons (Fsp3) is 0.625. The first-order valence-corrected chi connectivity index (χ1v) is 8.72. The standard InChI is InChI=1S/C16H24FNOS/c1-3-9-18-15-8-7-12(2)10-16(15)20(19)14-6-4-5-13(17)11-14/h4-6,11-12,15-16,18H,3,7-10H2,1-2H3. The molecule has 2 rings (SSSR count). The Balaban J connectivity index is 2.14. The van der Waals surface area contributed by atoms with Gasteiger partial charge < -0.3 is 5.32 Å². The van der Waals surface area contributed by atoms with Crippen LogP contribution in [0.2, 0.25) is 0 Å². The van der Waals surface area contributed by atoms with Gasteiger partial charge in [0.15, 0.2) is 0 Å². The molecule has 4 heteroatoms. The Labute approximate surface area is 123 Å². The highest BCUT2D eigenvalue weighted by atomic mass is 32.2. The average molecular weight is 297 g/mol. The highest BCUT2D eigenvalue weighted by Crippen LogP contribution is 2.30. The van der Waals surface area contributed by atoms with Crippen molar-refractivity contribution in [2.24, 2.45) is 5.92 Å². The predicted octanol–water partition coefficient (Wildman–Crippen LogP) is 3.49. The molecule has 0 spiro atoms.